The van der Waals surface area contributed by atoms with Gasteiger partial charge in [-0.05, 0) is 87.5 Å². The second-order valence-corrected chi connectivity index (χ2v) is 12.6. The Morgan fingerprint density at radius 2 is 1.79 bits per heavy atom. The number of carbonyl (C=O) groups is 3. The number of piperidine rings is 1. The highest BCUT2D eigenvalue weighted by atomic mass is 32.2. The fourth-order valence-corrected chi connectivity index (χ4v) is 7.82. The van der Waals surface area contributed by atoms with Crippen LogP contribution in [0.1, 0.15) is 80.1 Å². The van der Waals surface area contributed by atoms with E-state index in [-0.39, 0.29) is 41.5 Å². The Morgan fingerprint density at radius 3 is 2.45 bits per heavy atom. The maximum Gasteiger partial charge on any atom is 0.251 e. The van der Waals surface area contributed by atoms with Gasteiger partial charge in [0.25, 0.3) is 5.91 Å². The lowest BCUT2D eigenvalue weighted by molar-refractivity contribution is -0.139. The third-order valence-corrected chi connectivity index (χ3v) is 10.2. The van der Waals surface area contributed by atoms with Crippen molar-refractivity contribution in [3.05, 3.63) is 35.4 Å². The molecule has 1 aliphatic carbocycles. The van der Waals surface area contributed by atoms with Crippen molar-refractivity contribution < 1.29 is 19.1 Å². The molecule has 1 saturated carbocycles. The van der Waals surface area contributed by atoms with E-state index in [0.717, 1.165) is 51.6 Å². The van der Waals surface area contributed by atoms with Crippen LogP contribution < -0.4 is 5.32 Å². The molecule has 1 aromatic carbocycles. The number of ketones is 1. The number of amides is 2. The molecule has 7 nitrogen and oxygen atoms in total. The average Bonchev–Trinajstić information content (AvgIpc) is 3.52. The van der Waals surface area contributed by atoms with Crippen LogP contribution in [0.15, 0.2) is 24.3 Å². The van der Waals surface area contributed by atoms with Crippen LogP contribution >= 0.6 is 11.8 Å². The number of hydrogen-bond acceptors (Lipinski definition) is 6. The highest BCUT2D eigenvalue weighted by Crippen LogP contribution is 2.36. The van der Waals surface area contributed by atoms with Crippen LogP contribution in [-0.2, 0) is 14.3 Å². The van der Waals surface area contributed by atoms with Crippen molar-refractivity contribution in [1.29, 1.82) is 0 Å². The summed E-state index contributed by atoms with van der Waals surface area (Å²) in [5, 5.41) is 3.21. The van der Waals surface area contributed by atoms with Crippen LogP contribution in [0.5, 0.6) is 0 Å². The molecule has 4 atom stereocenters. The van der Waals surface area contributed by atoms with E-state index in [1.807, 2.05) is 18.4 Å². The number of benzene rings is 1. The molecule has 0 unspecified atom stereocenters. The molecule has 3 heterocycles. The van der Waals surface area contributed by atoms with Crippen LogP contribution in [0, 0.1) is 5.92 Å². The molecule has 8 heteroatoms. The number of likely N-dealkylation sites (tertiary alicyclic amines) is 2. The first-order valence-corrected chi connectivity index (χ1v) is 15.9. The van der Waals surface area contributed by atoms with Crippen LogP contribution in [0.2, 0.25) is 0 Å². The number of thioether (sulfide) groups is 1. The molecule has 38 heavy (non-hydrogen) atoms. The molecule has 4 fully saturated rings. The monoisotopic (exact) mass is 541 g/mol. The third-order valence-electron chi connectivity index (χ3n) is 9.17. The standard InChI is InChI=1S/C30H43N3O4S/c1-3-15-32-16-13-21(14-17-32)20-9-11-23(12-10-20)29(35)31-26(22-7-5-4-6-8-22)30(36)33-18-25(38-2)28-27(33)24(34)19-37-28/h9-12,21-22,25-28H,3-8,13-19H2,1-2H3,(H,31,35)/t25-,26-,27+,28+/m0/s1. The van der Waals surface area contributed by atoms with Crippen molar-refractivity contribution in [1.82, 2.24) is 15.1 Å². The van der Waals surface area contributed by atoms with E-state index in [1.165, 1.54) is 24.9 Å². The van der Waals surface area contributed by atoms with Gasteiger partial charge in [-0.25, -0.2) is 0 Å². The van der Waals surface area contributed by atoms with Crippen molar-refractivity contribution in [2.24, 2.45) is 5.92 Å². The van der Waals surface area contributed by atoms with E-state index in [0.29, 0.717) is 18.0 Å². The fourth-order valence-electron chi connectivity index (χ4n) is 7.01. The number of nitrogens with one attached hydrogen (secondary N) is 1. The van der Waals surface area contributed by atoms with Gasteiger partial charge in [0, 0.05) is 12.1 Å². The molecule has 3 saturated heterocycles. The Bertz CT molecular complexity index is 988. The summed E-state index contributed by atoms with van der Waals surface area (Å²) in [5.41, 5.74) is 1.89. The van der Waals surface area contributed by atoms with Crippen LogP contribution in [0.3, 0.4) is 0 Å². The molecule has 0 aromatic heterocycles. The minimum atomic E-state index is -0.611. The van der Waals surface area contributed by atoms with Crippen LogP contribution in [0.4, 0.5) is 0 Å². The Balaban J connectivity index is 1.28. The lowest BCUT2D eigenvalue weighted by Gasteiger charge is -2.34. The lowest BCUT2D eigenvalue weighted by atomic mass is 9.83. The van der Waals surface area contributed by atoms with Crippen molar-refractivity contribution in [2.45, 2.75) is 87.6 Å². The maximum atomic E-state index is 14.0. The number of ether oxygens (including phenoxy) is 1. The first-order valence-electron chi connectivity index (χ1n) is 14.6. The fraction of sp³-hybridized carbons (Fsp3) is 0.700. The third kappa shape index (κ3) is 5.82. The van der Waals surface area contributed by atoms with Gasteiger partial charge < -0.3 is 19.9 Å². The topological polar surface area (TPSA) is 79.0 Å². The van der Waals surface area contributed by atoms with E-state index in [9.17, 15) is 14.4 Å². The SMILES string of the molecule is CCCN1CCC(c2ccc(C(=O)N[C@H](C(=O)N3C[C@H](SC)[C@H]4OCC(=O)[C@H]43)C3CCCCC3)cc2)CC1. The molecule has 3 aliphatic heterocycles. The summed E-state index contributed by atoms with van der Waals surface area (Å²) >= 11 is 1.64. The Morgan fingerprint density at radius 1 is 1.08 bits per heavy atom. The zero-order valence-electron chi connectivity index (χ0n) is 22.9. The van der Waals surface area contributed by atoms with Gasteiger partial charge in [-0.2, -0.15) is 11.8 Å². The van der Waals surface area contributed by atoms with Crippen molar-refractivity contribution in [3.63, 3.8) is 0 Å². The van der Waals surface area contributed by atoms with Crippen molar-refractivity contribution >= 4 is 29.4 Å². The Kier molecular flexibility index (Phi) is 9.11. The Labute approximate surface area is 231 Å². The molecule has 1 aromatic rings. The number of carbonyl (C=O) groups excluding carboxylic acids is 3. The van der Waals surface area contributed by atoms with Gasteiger partial charge in [0.1, 0.15) is 18.7 Å². The molecule has 4 aliphatic rings. The molecular weight excluding hydrogens is 498 g/mol. The number of hydrogen-bond donors (Lipinski definition) is 1. The van der Waals surface area contributed by atoms with Gasteiger partial charge in [-0.3, -0.25) is 14.4 Å². The molecule has 0 bridgehead atoms. The zero-order valence-corrected chi connectivity index (χ0v) is 23.7. The molecular formula is C30H43N3O4S. The summed E-state index contributed by atoms with van der Waals surface area (Å²) in [7, 11) is 0. The summed E-state index contributed by atoms with van der Waals surface area (Å²) in [6.45, 7) is 6.23. The summed E-state index contributed by atoms with van der Waals surface area (Å²) in [6, 6.07) is 6.88. The molecule has 0 radical (unpaired) electrons. The zero-order chi connectivity index (χ0) is 26.6. The van der Waals surface area contributed by atoms with Gasteiger partial charge in [0.15, 0.2) is 5.78 Å². The number of rotatable bonds is 8. The van der Waals surface area contributed by atoms with Gasteiger partial charge in [-0.1, -0.05) is 38.3 Å². The first kappa shape index (κ1) is 27.7. The smallest absolute Gasteiger partial charge is 0.251 e. The van der Waals surface area contributed by atoms with Crippen molar-refractivity contribution in [2.75, 3.05) is 39.0 Å². The quantitative estimate of drug-likeness (QED) is 0.539. The highest BCUT2D eigenvalue weighted by molar-refractivity contribution is 7.99. The second kappa shape index (κ2) is 12.5. The van der Waals surface area contributed by atoms with E-state index >= 15 is 0 Å². The van der Waals surface area contributed by atoms with Gasteiger partial charge in [-0.15, -0.1) is 0 Å². The highest BCUT2D eigenvalue weighted by Gasteiger charge is 2.53. The lowest BCUT2D eigenvalue weighted by Crippen LogP contribution is -2.55. The van der Waals surface area contributed by atoms with E-state index in [2.05, 4.69) is 29.3 Å². The Hall–Kier alpha value is -1.90. The second-order valence-electron chi connectivity index (χ2n) is 11.5. The van der Waals surface area contributed by atoms with E-state index < -0.39 is 12.1 Å². The predicted octanol–water partition coefficient (Wildman–Crippen LogP) is 3.87. The molecule has 208 valence electrons. The van der Waals surface area contributed by atoms with Crippen LogP contribution in [-0.4, -0.2) is 89.9 Å². The van der Waals surface area contributed by atoms with Gasteiger partial charge in [0.2, 0.25) is 5.91 Å². The number of Topliss-reactive ketones (excluding diaryl/α,β-unsaturated/α-hetero) is 1. The van der Waals surface area contributed by atoms with Crippen molar-refractivity contribution in [3.8, 4) is 0 Å². The normalized spacial score (nSPS) is 27.9. The molecule has 5 rings (SSSR count). The minimum Gasteiger partial charge on any atom is -0.367 e. The first-order chi connectivity index (χ1) is 18.5. The minimum absolute atomic E-state index is 0.0234. The average molecular weight is 542 g/mol. The van der Waals surface area contributed by atoms with E-state index in [1.54, 1.807) is 16.7 Å². The maximum absolute atomic E-state index is 14.0. The summed E-state index contributed by atoms with van der Waals surface area (Å²) in [5.74, 6) is 0.285. The largest absolute Gasteiger partial charge is 0.367 e. The number of nitrogens with zero attached hydrogens (tertiary/aromatic N) is 2. The van der Waals surface area contributed by atoms with Gasteiger partial charge >= 0.3 is 0 Å². The molecule has 2 amide bonds. The summed E-state index contributed by atoms with van der Waals surface area (Å²) in [6.07, 6.45) is 10.4. The van der Waals surface area contributed by atoms with Crippen LogP contribution in [0.25, 0.3) is 0 Å². The summed E-state index contributed by atoms with van der Waals surface area (Å²) < 4.78 is 5.77. The number of fused-ring (bicyclic) bond motifs is 1. The molecule has 1 N–H and O–H groups in total. The van der Waals surface area contributed by atoms with E-state index in [4.69, 9.17) is 4.74 Å². The molecule has 0 spiro atoms. The van der Waals surface area contributed by atoms with Gasteiger partial charge in [0.05, 0.1) is 11.4 Å². The predicted molar refractivity (Wildman–Crippen MR) is 151 cm³/mol. The summed E-state index contributed by atoms with van der Waals surface area (Å²) in [4.78, 5) is 44.4.